The van der Waals surface area contributed by atoms with Crippen molar-refractivity contribution in [2.75, 3.05) is 23.4 Å². The SMILES string of the molecule is CC(C)CCN1C(=O)C(C)(C)COc2ccc(NC(=O)c3cn(C)nn3)cc21. The molecule has 8 heteroatoms. The van der Waals surface area contributed by atoms with Gasteiger partial charge in [0, 0.05) is 19.3 Å². The number of anilines is 2. The van der Waals surface area contributed by atoms with E-state index in [2.05, 4.69) is 29.5 Å². The zero-order valence-electron chi connectivity index (χ0n) is 17.0. The number of aromatic nitrogens is 3. The number of carbonyl (C=O) groups excluding carboxylic acids is 2. The molecule has 150 valence electrons. The molecule has 0 spiro atoms. The molecule has 1 aromatic carbocycles. The molecule has 0 saturated heterocycles. The first-order chi connectivity index (χ1) is 13.2. The standard InChI is InChI=1S/C20H27N5O3/c1-13(2)8-9-25-16-10-14(21-18(26)15-11-24(5)23-22-15)6-7-17(16)28-12-20(3,4)19(25)27/h6-7,10-11,13H,8-9,12H2,1-5H3,(H,21,26). The summed E-state index contributed by atoms with van der Waals surface area (Å²) in [7, 11) is 1.70. The van der Waals surface area contributed by atoms with Crippen molar-refractivity contribution in [1.82, 2.24) is 15.0 Å². The Morgan fingerprint density at radius 3 is 2.75 bits per heavy atom. The van der Waals surface area contributed by atoms with Crippen molar-refractivity contribution in [1.29, 1.82) is 0 Å². The number of hydrogen-bond acceptors (Lipinski definition) is 5. The summed E-state index contributed by atoms with van der Waals surface area (Å²) in [5.74, 6) is 0.760. The first-order valence-corrected chi connectivity index (χ1v) is 9.44. The lowest BCUT2D eigenvalue weighted by Gasteiger charge is -2.28. The molecule has 2 aromatic rings. The van der Waals surface area contributed by atoms with Gasteiger partial charge in [-0.3, -0.25) is 14.3 Å². The molecule has 2 heterocycles. The van der Waals surface area contributed by atoms with Crippen molar-refractivity contribution >= 4 is 23.2 Å². The van der Waals surface area contributed by atoms with Crippen molar-refractivity contribution in [2.45, 2.75) is 34.1 Å². The van der Waals surface area contributed by atoms with E-state index in [1.807, 2.05) is 13.8 Å². The normalized spacial score (nSPS) is 15.8. The summed E-state index contributed by atoms with van der Waals surface area (Å²) in [6, 6.07) is 5.33. The van der Waals surface area contributed by atoms with Gasteiger partial charge >= 0.3 is 0 Å². The minimum absolute atomic E-state index is 0.0179. The Morgan fingerprint density at radius 2 is 2.11 bits per heavy atom. The summed E-state index contributed by atoms with van der Waals surface area (Å²) in [6.45, 7) is 8.94. The fourth-order valence-corrected chi connectivity index (χ4v) is 2.98. The van der Waals surface area contributed by atoms with Crippen LogP contribution in [-0.4, -0.2) is 40.0 Å². The Hall–Kier alpha value is -2.90. The lowest BCUT2D eigenvalue weighted by Crippen LogP contribution is -2.42. The van der Waals surface area contributed by atoms with Crippen LogP contribution in [-0.2, 0) is 11.8 Å². The summed E-state index contributed by atoms with van der Waals surface area (Å²) in [5, 5.41) is 10.4. The van der Waals surface area contributed by atoms with E-state index in [9.17, 15) is 9.59 Å². The van der Waals surface area contributed by atoms with E-state index in [0.29, 0.717) is 36.2 Å². The van der Waals surface area contributed by atoms with Gasteiger partial charge in [0.2, 0.25) is 5.91 Å². The highest BCUT2D eigenvalue weighted by atomic mass is 16.5. The summed E-state index contributed by atoms with van der Waals surface area (Å²) in [4.78, 5) is 27.3. The van der Waals surface area contributed by atoms with Crippen LogP contribution in [0, 0.1) is 11.3 Å². The van der Waals surface area contributed by atoms with E-state index in [0.717, 1.165) is 6.42 Å². The minimum atomic E-state index is -0.626. The Morgan fingerprint density at radius 1 is 1.36 bits per heavy atom. The molecular weight excluding hydrogens is 358 g/mol. The zero-order chi connectivity index (χ0) is 20.5. The first-order valence-electron chi connectivity index (χ1n) is 9.44. The molecule has 3 rings (SSSR count). The Bertz CT molecular complexity index is 888. The Balaban J connectivity index is 1.91. The van der Waals surface area contributed by atoms with Crippen LogP contribution < -0.4 is 15.0 Å². The highest BCUT2D eigenvalue weighted by Gasteiger charge is 2.37. The number of rotatable bonds is 5. The molecule has 0 unspecified atom stereocenters. The smallest absolute Gasteiger partial charge is 0.277 e. The summed E-state index contributed by atoms with van der Waals surface area (Å²) >= 11 is 0. The number of aryl methyl sites for hydroxylation is 1. The fraction of sp³-hybridized carbons (Fsp3) is 0.500. The lowest BCUT2D eigenvalue weighted by molar-refractivity contribution is -0.127. The van der Waals surface area contributed by atoms with Gasteiger partial charge in [0.25, 0.3) is 5.91 Å². The van der Waals surface area contributed by atoms with Crippen LogP contribution >= 0.6 is 0 Å². The highest BCUT2D eigenvalue weighted by Crippen LogP contribution is 2.38. The Kier molecular flexibility index (Phi) is 5.40. The van der Waals surface area contributed by atoms with Gasteiger partial charge in [-0.2, -0.15) is 0 Å². The van der Waals surface area contributed by atoms with E-state index in [1.165, 1.54) is 4.68 Å². The molecule has 0 bridgehead atoms. The average Bonchev–Trinajstić information content (AvgIpc) is 3.03. The van der Waals surface area contributed by atoms with Crippen LogP contribution in [0.3, 0.4) is 0 Å². The lowest BCUT2D eigenvalue weighted by atomic mass is 9.92. The van der Waals surface area contributed by atoms with Crippen LogP contribution in [0.5, 0.6) is 5.75 Å². The number of benzene rings is 1. The van der Waals surface area contributed by atoms with E-state index in [4.69, 9.17) is 4.74 Å². The third-order valence-corrected chi connectivity index (χ3v) is 4.69. The molecule has 0 fully saturated rings. The van der Waals surface area contributed by atoms with Gasteiger partial charge in [-0.1, -0.05) is 19.1 Å². The van der Waals surface area contributed by atoms with E-state index in [-0.39, 0.29) is 17.5 Å². The van der Waals surface area contributed by atoms with Gasteiger partial charge in [0.05, 0.1) is 17.3 Å². The molecule has 0 atom stereocenters. The predicted octanol–water partition coefficient (Wildman–Crippen LogP) is 2.87. The maximum atomic E-state index is 13.1. The predicted molar refractivity (Wildman–Crippen MR) is 106 cm³/mol. The molecule has 0 aliphatic carbocycles. The molecule has 8 nitrogen and oxygen atoms in total. The van der Waals surface area contributed by atoms with Crippen LogP contribution in [0.4, 0.5) is 11.4 Å². The van der Waals surface area contributed by atoms with Crippen LogP contribution in [0.25, 0.3) is 0 Å². The third-order valence-electron chi connectivity index (χ3n) is 4.69. The molecule has 1 aliphatic rings. The molecule has 1 N–H and O–H groups in total. The van der Waals surface area contributed by atoms with Crippen molar-refractivity contribution in [3.05, 3.63) is 30.1 Å². The molecule has 2 amide bonds. The molecule has 0 saturated carbocycles. The van der Waals surface area contributed by atoms with Crippen molar-refractivity contribution in [2.24, 2.45) is 18.4 Å². The van der Waals surface area contributed by atoms with Gasteiger partial charge < -0.3 is 15.0 Å². The van der Waals surface area contributed by atoms with Gasteiger partial charge in [-0.15, -0.1) is 5.10 Å². The monoisotopic (exact) mass is 385 g/mol. The highest BCUT2D eigenvalue weighted by molar-refractivity contribution is 6.04. The topological polar surface area (TPSA) is 89.4 Å². The second-order valence-corrected chi connectivity index (χ2v) is 8.23. The number of amides is 2. The van der Waals surface area contributed by atoms with Crippen molar-refractivity contribution in [3.8, 4) is 5.75 Å². The molecule has 0 radical (unpaired) electrons. The van der Waals surface area contributed by atoms with Crippen LogP contribution in [0.15, 0.2) is 24.4 Å². The second kappa shape index (κ2) is 7.61. The second-order valence-electron chi connectivity index (χ2n) is 8.23. The maximum Gasteiger partial charge on any atom is 0.277 e. The fourth-order valence-electron chi connectivity index (χ4n) is 2.98. The number of nitrogens with zero attached hydrogens (tertiary/aromatic N) is 4. The van der Waals surface area contributed by atoms with Gasteiger partial charge in [-0.05, 0) is 44.4 Å². The van der Waals surface area contributed by atoms with Crippen LogP contribution in [0.2, 0.25) is 0 Å². The molecule has 28 heavy (non-hydrogen) atoms. The number of fused-ring (bicyclic) bond motifs is 1. The quantitative estimate of drug-likeness (QED) is 0.855. The number of nitrogens with one attached hydrogen (secondary N) is 1. The molecule has 1 aromatic heterocycles. The van der Waals surface area contributed by atoms with E-state index in [1.54, 1.807) is 36.3 Å². The minimum Gasteiger partial charge on any atom is -0.490 e. The van der Waals surface area contributed by atoms with Crippen LogP contribution in [0.1, 0.15) is 44.6 Å². The number of carbonyl (C=O) groups is 2. The summed E-state index contributed by atoms with van der Waals surface area (Å²) < 4.78 is 7.38. The van der Waals surface area contributed by atoms with Gasteiger partial charge in [0.15, 0.2) is 5.69 Å². The maximum absolute atomic E-state index is 13.1. The molecular formula is C20H27N5O3. The van der Waals surface area contributed by atoms with Crippen molar-refractivity contribution < 1.29 is 14.3 Å². The zero-order valence-corrected chi connectivity index (χ0v) is 17.0. The van der Waals surface area contributed by atoms with Gasteiger partial charge in [-0.25, -0.2) is 0 Å². The average molecular weight is 385 g/mol. The first kappa shape index (κ1) is 19.9. The number of hydrogen-bond donors (Lipinski definition) is 1. The number of ether oxygens (including phenoxy) is 1. The van der Waals surface area contributed by atoms with E-state index >= 15 is 0 Å². The van der Waals surface area contributed by atoms with Crippen molar-refractivity contribution in [3.63, 3.8) is 0 Å². The molecule has 1 aliphatic heterocycles. The summed E-state index contributed by atoms with van der Waals surface area (Å²) in [6.07, 6.45) is 2.42. The summed E-state index contributed by atoms with van der Waals surface area (Å²) in [5.41, 5.74) is 0.842. The largest absolute Gasteiger partial charge is 0.490 e. The third kappa shape index (κ3) is 4.16. The Labute approximate surface area is 164 Å². The van der Waals surface area contributed by atoms with Gasteiger partial charge in [0.1, 0.15) is 12.4 Å². The van der Waals surface area contributed by atoms with E-state index < -0.39 is 5.41 Å².